The number of carbonyl (C=O) groups is 1. The quantitative estimate of drug-likeness (QED) is 0.657. The lowest BCUT2D eigenvalue weighted by Gasteiger charge is -1.99. The second-order valence-corrected chi connectivity index (χ2v) is 2.72. The Labute approximate surface area is 85.7 Å². The van der Waals surface area contributed by atoms with Crippen molar-refractivity contribution in [2.24, 2.45) is 4.99 Å². The van der Waals surface area contributed by atoms with E-state index >= 15 is 0 Å². The van der Waals surface area contributed by atoms with E-state index in [1.807, 2.05) is 0 Å². The molecular formula is C8H11N5O2. The van der Waals surface area contributed by atoms with Crippen LogP contribution < -0.4 is 10.9 Å². The van der Waals surface area contributed by atoms with E-state index in [4.69, 9.17) is 0 Å². The number of amides is 1. The predicted molar refractivity (Wildman–Crippen MR) is 54.0 cm³/mol. The number of rotatable bonds is 3. The zero-order chi connectivity index (χ0) is 11.3. The first-order valence-corrected chi connectivity index (χ1v) is 4.32. The molecule has 0 aliphatic carbocycles. The summed E-state index contributed by atoms with van der Waals surface area (Å²) in [7, 11) is 0. The molecule has 15 heavy (non-hydrogen) atoms. The molecule has 0 aliphatic rings. The molecule has 1 heterocycles. The Hall–Kier alpha value is -2.05. The monoisotopic (exact) mass is 209 g/mol. The van der Waals surface area contributed by atoms with Gasteiger partial charge < -0.3 is 5.32 Å². The first-order valence-electron chi connectivity index (χ1n) is 4.32. The standard InChI is InChI=1S/C8H11N5O2/c1-3-9-8-11-7(15)6(12-13-8)4-10-5(2)14/h3H,4H2,1-2H3,(H,10,14)(H,11,13,15). The van der Waals surface area contributed by atoms with Crippen LogP contribution in [0.5, 0.6) is 0 Å². The van der Waals surface area contributed by atoms with E-state index in [1.54, 1.807) is 6.92 Å². The first kappa shape index (κ1) is 11.0. The Kier molecular flexibility index (Phi) is 3.67. The summed E-state index contributed by atoms with van der Waals surface area (Å²) in [4.78, 5) is 28.1. The number of nitrogens with one attached hydrogen (secondary N) is 2. The molecule has 0 saturated carbocycles. The lowest BCUT2D eigenvalue weighted by atomic mass is 10.4. The number of H-pyrrole nitrogens is 1. The Morgan fingerprint density at radius 3 is 2.87 bits per heavy atom. The third-order valence-corrected chi connectivity index (χ3v) is 1.51. The Morgan fingerprint density at radius 1 is 1.60 bits per heavy atom. The predicted octanol–water partition coefficient (Wildman–Crippen LogP) is -0.477. The van der Waals surface area contributed by atoms with E-state index in [1.165, 1.54) is 13.1 Å². The number of carbonyl (C=O) groups excluding carboxylic acids is 1. The number of hydrogen-bond acceptors (Lipinski definition) is 5. The van der Waals surface area contributed by atoms with Crippen LogP contribution in [0.1, 0.15) is 19.5 Å². The molecular weight excluding hydrogens is 198 g/mol. The summed E-state index contributed by atoms with van der Waals surface area (Å²) in [6.07, 6.45) is 1.49. The van der Waals surface area contributed by atoms with E-state index in [2.05, 4.69) is 25.5 Å². The van der Waals surface area contributed by atoms with Gasteiger partial charge in [0, 0.05) is 13.1 Å². The Balaban J connectivity index is 2.84. The summed E-state index contributed by atoms with van der Waals surface area (Å²) in [5.41, 5.74) is -0.250. The van der Waals surface area contributed by atoms with Crippen LogP contribution in [-0.4, -0.2) is 27.3 Å². The molecule has 7 heteroatoms. The molecule has 0 saturated heterocycles. The molecule has 0 aromatic carbocycles. The summed E-state index contributed by atoms with van der Waals surface area (Å²) in [5, 5.41) is 9.75. The molecule has 0 atom stereocenters. The minimum Gasteiger partial charge on any atom is -0.350 e. The van der Waals surface area contributed by atoms with Gasteiger partial charge in [-0.25, -0.2) is 4.99 Å². The molecule has 0 spiro atoms. The fourth-order valence-corrected chi connectivity index (χ4v) is 0.856. The fraction of sp³-hybridized carbons (Fsp3) is 0.375. The van der Waals surface area contributed by atoms with Crippen molar-refractivity contribution in [1.82, 2.24) is 20.5 Å². The van der Waals surface area contributed by atoms with Crippen LogP contribution in [0.2, 0.25) is 0 Å². The third kappa shape index (κ3) is 3.29. The van der Waals surface area contributed by atoms with Gasteiger partial charge in [-0.05, 0) is 6.92 Å². The van der Waals surface area contributed by atoms with Gasteiger partial charge in [0.2, 0.25) is 11.9 Å². The van der Waals surface area contributed by atoms with Gasteiger partial charge >= 0.3 is 0 Å². The smallest absolute Gasteiger partial charge is 0.276 e. The van der Waals surface area contributed by atoms with Crippen molar-refractivity contribution >= 4 is 18.1 Å². The third-order valence-electron chi connectivity index (χ3n) is 1.51. The molecule has 1 amide bonds. The lowest BCUT2D eigenvalue weighted by Crippen LogP contribution is -2.26. The number of aromatic nitrogens is 3. The summed E-state index contributed by atoms with van der Waals surface area (Å²) in [6, 6.07) is 0. The van der Waals surface area contributed by atoms with Crippen molar-refractivity contribution in [2.75, 3.05) is 0 Å². The fourth-order valence-electron chi connectivity index (χ4n) is 0.856. The van der Waals surface area contributed by atoms with E-state index in [0.29, 0.717) is 0 Å². The molecule has 0 unspecified atom stereocenters. The van der Waals surface area contributed by atoms with Crippen LogP contribution in [0.15, 0.2) is 9.79 Å². The zero-order valence-electron chi connectivity index (χ0n) is 8.44. The van der Waals surface area contributed by atoms with Crippen LogP contribution in [0.4, 0.5) is 5.95 Å². The highest BCUT2D eigenvalue weighted by molar-refractivity contribution is 5.72. The largest absolute Gasteiger partial charge is 0.350 e. The Bertz CT molecular complexity index is 437. The van der Waals surface area contributed by atoms with Gasteiger partial charge in [-0.15, -0.1) is 10.2 Å². The van der Waals surface area contributed by atoms with Gasteiger partial charge in [-0.1, -0.05) is 0 Å². The van der Waals surface area contributed by atoms with Gasteiger partial charge in [0.25, 0.3) is 5.56 Å². The van der Waals surface area contributed by atoms with Gasteiger partial charge in [0.1, 0.15) is 5.69 Å². The highest BCUT2D eigenvalue weighted by Gasteiger charge is 2.03. The SMILES string of the molecule is CC=Nc1nnc(CNC(C)=O)c(=O)[nH]1. The van der Waals surface area contributed by atoms with Gasteiger partial charge in [0.15, 0.2) is 0 Å². The average molecular weight is 209 g/mol. The Morgan fingerprint density at radius 2 is 2.33 bits per heavy atom. The van der Waals surface area contributed by atoms with E-state index < -0.39 is 5.56 Å². The maximum absolute atomic E-state index is 11.3. The molecule has 7 nitrogen and oxygen atoms in total. The van der Waals surface area contributed by atoms with Gasteiger partial charge in [-0.3, -0.25) is 14.6 Å². The molecule has 0 radical (unpaired) electrons. The maximum Gasteiger partial charge on any atom is 0.276 e. The van der Waals surface area contributed by atoms with Gasteiger partial charge in [0.05, 0.1) is 6.54 Å². The van der Waals surface area contributed by atoms with Gasteiger partial charge in [-0.2, -0.15) is 0 Å². The molecule has 80 valence electrons. The van der Waals surface area contributed by atoms with E-state index in [9.17, 15) is 9.59 Å². The number of aromatic amines is 1. The van der Waals surface area contributed by atoms with Crippen molar-refractivity contribution in [2.45, 2.75) is 20.4 Å². The average Bonchev–Trinajstić information content (AvgIpc) is 2.17. The molecule has 1 rings (SSSR count). The number of aliphatic imine (C=N–C) groups is 1. The highest BCUT2D eigenvalue weighted by atomic mass is 16.1. The van der Waals surface area contributed by atoms with Crippen molar-refractivity contribution in [3.8, 4) is 0 Å². The second-order valence-electron chi connectivity index (χ2n) is 2.72. The minimum atomic E-state index is -0.403. The summed E-state index contributed by atoms with van der Waals surface area (Å²) >= 11 is 0. The summed E-state index contributed by atoms with van der Waals surface area (Å²) in [6.45, 7) is 3.12. The van der Waals surface area contributed by atoms with E-state index in [0.717, 1.165) is 0 Å². The number of hydrogen-bond donors (Lipinski definition) is 2. The van der Waals surface area contributed by atoms with Crippen molar-refractivity contribution in [3.05, 3.63) is 16.0 Å². The number of nitrogens with zero attached hydrogens (tertiary/aromatic N) is 3. The molecule has 2 N–H and O–H groups in total. The molecule has 0 fully saturated rings. The molecule has 0 aliphatic heterocycles. The van der Waals surface area contributed by atoms with Crippen LogP contribution in [0.3, 0.4) is 0 Å². The van der Waals surface area contributed by atoms with E-state index in [-0.39, 0.29) is 24.1 Å². The van der Waals surface area contributed by atoms with Crippen LogP contribution >= 0.6 is 0 Å². The molecule has 1 aromatic rings. The summed E-state index contributed by atoms with van der Waals surface area (Å²) < 4.78 is 0. The van der Waals surface area contributed by atoms with Crippen LogP contribution in [0, 0.1) is 0 Å². The maximum atomic E-state index is 11.3. The van der Waals surface area contributed by atoms with Crippen molar-refractivity contribution in [1.29, 1.82) is 0 Å². The van der Waals surface area contributed by atoms with Crippen molar-refractivity contribution < 1.29 is 4.79 Å². The normalized spacial score (nSPS) is 10.5. The molecule has 1 aromatic heterocycles. The molecule has 0 bridgehead atoms. The topological polar surface area (TPSA) is 100 Å². The zero-order valence-corrected chi connectivity index (χ0v) is 8.44. The first-order chi connectivity index (χ1) is 7.13. The van der Waals surface area contributed by atoms with Crippen LogP contribution in [-0.2, 0) is 11.3 Å². The summed E-state index contributed by atoms with van der Waals surface area (Å²) in [5.74, 6) is -0.0825. The lowest BCUT2D eigenvalue weighted by molar-refractivity contribution is -0.119. The highest BCUT2D eigenvalue weighted by Crippen LogP contribution is 1.94. The van der Waals surface area contributed by atoms with Crippen molar-refractivity contribution in [3.63, 3.8) is 0 Å². The minimum absolute atomic E-state index is 0.0633. The van der Waals surface area contributed by atoms with Crippen LogP contribution in [0.25, 0.3) is 0 Å². The second kappa shape index (κ2) is 4.99.